The van der Waals surface area contributed by atoms with Crippen LogP contribution in [0, 0.1) is 0 Å². The number of hydrogen-bond donors (Lipinski definition) is 0. The SMILES string of the molecule is CCc1cc(Br)nn1C. The van der Waals surface area contributed by atoms with Gasteiger partial charge in [-0.2, -0.15) is 5.10 Å². The Kier molecular flexibility index (Phi) is 1.90. The molecule has 50 valence electrons. The number of aromatic nitrogens is 2. The lowest BCUT2D eigenvalue weighted by Gasteiger charge is -1.92. The van der Waals surface area contributed by atoms with Crippen molar-refractivity contribution in [1.82, 2.24) is 9.78 Å². The molecule has 0 spiro atoms. The summed E-state index contributed by atoms with van der Waals surface area (Å²) in [5, 5.41) is 4.12. The first-order valence-electron chi connectivity index (χ1n) is 2.92. The van der Waals surface area contributed by atoms with E-state index >= 15 is 0 Å². The lowest BCUT2D eigenvalue weighted by atomic mass is 10.3. The van der Waals surface area contributed by atoms with E-state index in [1.807, 2.05) is 17.8 Å². The maximum atomic E-state index is 4.12. The minimum Gasteiger partial charge on any atom is -0.272 e. The molecule has 1 rings (SSSR count). The fourth-order valence-electron chi connectivity index (χ4n) is 0.798. The molecule has 1 aromatic heterocycles. The molecule has 3 heteroatoms. The molecule has 0 atom stereocenters. The first-order chi connectivity index (χ1) is 4.24. The van der Waals surface area contributed by atoms with Crippen molar-refractivity contribution in [2.45, 2.75) is 13.3 Å². The smallest absolute Gasteiger partial charge is 0.128 e. The topological polar surface area (TPSA) is 17.8 Å². The van der Waals surface area contributed by atoms with Crippen LogP contribution in [0.1, 0.15) is 12.6 Å². The molecule has 0 aliphatic carbocycles. The fraction of sp³-hybridized carbons (Fsp3) is 0.500. The second-order valence-electron chi connectivity index (χ2n) is 1.94. The summed E-state index contributed by atoms with van der Waals surface area (Å²) < 4.78 is 2.80. The van der Waals surface area contributed by atoms with Crippen LogP contribution in [0.15, 0.2) is 10.7 Å². The molecule has 0 unspecified atom stereocenters. The highest BCUT2D eigenvalue weighted by molar-refractivity contribution is 9.10. The molecule has 9 heavy (non-hydrogen) atoms. The molecule has 0 aliphatic heterocycles. The van der Waals surface area contributed by atoms with Crippen LogP contribution in [0.3, 0.4) is 0 Å². The molecule has 0 fully saturated rings. The highest BCUT2D eigenvalue weighted by Crippen LogP contribution is 2.08. The molecule has 0 radical (unpaired) electrons. The Bertz CT molecular complexity index is 205. The predicted octanol–water partition coefficient (Wildman–Crippen LogP) is 1.75. The number of rotatable bonds is 1. The summed E-state index contributed by atoms with van der Waals surface area (Å²) in [5.74, 6) is 0. The van der Waals surface area contributed by atoms with E-state index in [0.29, 0.717) is 0 Å². The van der Waals surface area contributed by atoms with E-state index in [9.17, 15) is 0 Å². The van der Waals surface area contributed by atoms with Gasteiger partial charge in [-0.05, 0) is 28.4 Å². The number of halogens is 1. The minimum absolute atomic E-state index is 0.918. The molecular weight excluding hydrogens is 180 g/mol. The van der Waals surface area contributed by atoms with Crippen LogP contribution in [0.2, 0.25) is 0 Å². The van der Waals surface area contributed by atoms with Gasteiger partial charge in [-0.25, -0.2) is 0 Å². The van der Waals surface area contributed by atoms with Crippen molar-refractivity contribution in [3.63, 3.8) is 0 Å². The van der Waals surface area contributed by atoms with Gasteiger partial charge in [0.2, 0.25) is 0 Å². The Balaban J connectivity index is 3.01. The van der Waals surface area contributed by atoms with Gasteiger partial charge in [0, 0.05) is 12.7 Å². The summed E-state index contributed by atoms with van der Waals surface area (Å²) in [7, 11) is 1.95. The summed E-state index contributed by atoms with van der Waals surface area (Å²) in [6.45, 7) is 2.11. The molecule has 0 aromatic carbocycles. The molecule has 2 nitrogen and oxygen atoms in total. The molecule has 1 aromatic rings. The van der Waals surface area contributed by atoms with Gasteiger partial charge in [-0.3, -0.25) is 4.68 Å². The van der Waals surface area contributed by atoms with Crippen molar-refractivity contribution in [2.75, 3.05) is 0 Å². The molecule has 0 aliphatic rings. The van der Waals surface area contributed by atoms with E-state index in [-0.39, 0.29) is 0 Å². The quantitative estimate of drug-likeness (QED) is 0.657. The highest BCUT2D eigenvalue weighted by atomic mass is 79.9. The van der Waals surface area contributed by atoms with Crippen LogP contribution in [-0.2, 0) is 13.5 Å². The van der Waals surface area contributed by atoms with E-state index in [1.54, 1.807) is 0 Å². The summed E-state index contributed by atoms with van der Waals surface area (Å²) >= 11 is 3.29. The Morgan fingerprint density at radius 3 is 2.67 bits per heavy atom. The van der Waals surface area contributed by atoms with E-state index < -0.39 is 0 Å². The standard InChI is InChI=1S/C6H9BrN2/c1-3-5-4-6(7)8-9(5)2/h4H,3H2,1-2H3. The summed E-state index contributed by atoms with van der Waals surface area (Å²) in [4.78, 5) is 0. The molecule has 0 N–H and O–H groups in total. The zero-order chi connectivity index (χ0) is 6.85. The van der Waals surface area contributed by atoms with Crippen LogP contribution >= 0.6 is 15.9 Å². The minimum atomic E-state index is 0.918. The molecular formula is C6H9BrN2. The van der Waals surface area contributed by atoms with Crippen molar-refractivity contribution in [3.05, 3.63) is 16.4 Å². The largest absolute Gasteiger partial charge is 0.272 e. The monoisotopic (exact) mass is 188 g/mol. The molecule has 0 saturated heterocycles. The van der Waals surface area contributed by atoms with Crippen molar-refractivity contribution in [2.24, 2.45) is 7.05 Å². The van der Waals surface area contributed by atoms with Gasteiger partial charge in [-0.1, -0.05) is 6.92 Å². The van der Waals surface area contributed by atoms with Gasteiger partial charge < -0.3 is 0 Å². The number of aryl methyl sites for hydroxylation is 2. The average Bonchev–Trinajstić information content (AvgIpc) is 2.10. The zero-order valence-corrected chi connectivity index (χ0v) is 7.14. The Morgan fingerprint density at radius 2 is 2.44 bits per heavy atom. The van der Waals surface area contributed by atoms with Gasteiger partial charge >= 0.3 is 0 Å². The fourth-order valence-corrected chi connectivity index (χ4v) is 1.30. The summed E-state index contributed by atoms with van der Waals surface area (Å²) in [6, 6.07) is 2.03. The first-order valence-corrected chi connectivity index (χ1v) is 3.71. The van der Waals surface area contributed by atoms with Crippen molar-refractivity contribution < 1.29 is 0 Å². The Morgan fingerprint density at radius 1 is 1.78 bits per heavy atom. The van der Waals surface area contributed by atoms with Gasteiger partial charge in [0.1, 0.15) is 4.60 Å². The summed E-state index contributed by atoms with van der Waals surface area (Å²) in [6.07, 6.45) is 1.04. The molecule has 1 heterocycles. The normalized spacial score (nSPS) is 10.1. The van der Waals surface area contributed by atoms with Crippen LogP contribution < -0.4 is 0 Å². The third kappa shape index (κ3) is 1.33. The van der Waals surface area contributed by atoms with Crippen LogP contribution in [0.4, 0.5) is 0 Å². The van der Waals surface area contributed by atoms with Gasteiger partial charge in [0.05, 0.1) is 0 Å². The van der Waals surface area contributed by atoms with E-state index in [4.69, 9.17) is 0 Å². The average molecular weight is 189 g/mol. The lowest BCUT2D eigenvalue weighted by Crippen LogP contribution is -1.95. The van der Waals surface area contributed by atoms with Crippen molar-refractivity contribution >= 4 is 15.9 Å². The Labute approximate surface area is 63.0 Å². The first kappa shape index (κ1) is 6.81. The number of nitrogens with zero attached hydrogens (tertiary/aromatic N) is 2. The van der Waals surface area contributed by atoms with Gasteiger partial charge in [0.15, 0.2) is 0 Å². The second kappa shape index (κ2) is 2.52. The van der Waals surface area contributed by atoms with Crippen molar-refractivity contribution in [1.29, 1.82) is 0 Å². The molecule has 0 saturated carbocycles. The van der Waals surface area contributed by atoms with E-state index in [2.05, 4.69) is 28.0 Å². The lowest BCUT2D eigenvalue weighted by molar-refractivity contribution is 0.713. The van der Waals surface area contributed by atoms with Crippen LogP contribution in [0.5, 0.6) is 0 Å². The molecule has 0 bridgehead atoms. The third-order valence-corrected chi connectivity index (χ3v) is 1.70. The molecule has 0 amide bonds. The van der Waals surface area contributed by atoms with Crippen LogP contribution in [0.25, 0.3) is 0 Å². The maximum absolute atomic E-state index is 4.12. The predicted molar refractivity (Wildman–Crippen MR) is 40.3 cm³/mol. The number of hydrogen-bond acceptors (Lipinski definition) is 1. The second-order valence-corrected chi connectivity index (χ2v) is 2.75. The van der Waals surface area contributed by atoms with Crippen LogP contribution in [-0.4, -0.2) is 9.78 Å². The summed E-state index contributed by atoms with van der Waals surface area (Å²) in [5.41, 5.74) is 1.25. The third-order valence-electron chi connectivity index (χ3n) is 1.31. The zero-order valence-electron chi connectivity index (χ0n) is 5.56. The maximum Gasteiger partial charge on any atom is 0.128 e. The highest BCUT2D eigenvalue weighted by Gasteiger charge is 1.97. The van der Waals surface area contributed by atoms with Gasteiger partial charge in [0.25, 0.3) is 0 Å². The van der Waals surface area contributed by atoms with E-state index in [1.165, 1.54) is 5.69 Å². The van der Waals surface area contributed by atoms with Gasteiger partial charge in [-0.15, -0.1) is 0 Å². The van der Waals surface area contributed by atoms with E-state index in [0.717, 1.165) is 11.0 Å². The van der Waals surface area contributed by atoms with Crippen molar-refractivity contribution in [3.8, 4) is 0 Å². The Hall–Kier alpha value is -0.310.